The molecule has 31 heavy (non-hydrogen) atoms. The van der Waals surface area contributed by atoms with Crippen molar-refractivity contribution in [3.8, 4) is 0 Å². The number of thioether (sulfide) groups is 1. The topological polar surface area (TPSA) is 72.8 Å². The van der Waals surface area contributed by atoms with Gasteiger partial charge in [0.25, 0.3) is 0 Å². The van der Waals surface area contributed by atoms with Gasteiger partial charge in [-0.15, -0.1) is 0 Å². The maximum absolute atomic E-state index is 11.6. The van der Waals surface area contributed by atoms with Crippen molar-refractivity contribution in [2.24, 2.45) is 22.7 Å². The van der Waals surface area contributed by atoms with Gasteiger partial charge < -0.3 is 19.4 Å². The SMILES string of the molecule is CC(=O)O[C@H]1CSC2C3C(O)C=C4C[C@@H](OCCCCC=O)CC[C@]4(C)C3CC[C@@]21C. The smallest absolute Gasteiger partial charge is 0.302 e. The summed E-state index contributed by atoms with van der Waals surface area (Å²) in [4.78, 5) is 22.1. The van der Waals surface area contributed by atoms with Crippen molar-refractivity contribution in [2.45, 2.75) is 95.7 Å². The fraction of sp³-hybridized carbons (Fsp3) is 0.840. The molecule has 0 radical (unpaired) electrons. The summed E-state index contributed by atoms with van der Waals surface area (Å²) in [6.45, 7) is 6.90. The molecule has 4 rings (SSSR count). The van der Waals surface area contributed by atoms with E-state index in [0.717, 1.165) is 57.0 Å². The minimum Gasteiger partial charge on any atom is -0.461 e. The number of carbonyl (C=O) groups is 2. The standard InChI is InChI=1S/C25H38O5S/c1-16(27)30-21-15-31-23-22-19(8-10-25(21,23)3)24(2)9-7-18(13-17(24)14-20(22)28)29-12-6-4-5-11-26/h11,14,18-23,28H,4-10,12-13,15H2,1-3H3/t18-,19?,20?,21-,22?,23?,24-,25+/m0/s1. The summed E-state index contributed by atoms with van der Waals surface area (Å²) in [5.74, 6) is 1.33. The van der Waals surface area contributed by atoms with E-state index < -0.39 is 6.10 Å². The molecule has 1 saturated heterocycles. The summed E-state index contributed by atoms with van der Waals surface area (Å²) in [6, 6.07) is 0. The number of hydrogen-bond donors (Lipinski definition) is 1. The fourth-order valence-electron chi connectivity index (χ4n) is 6.93. The van der Waals surface area contributed by atoms with Gasteiger partial charge in [-0.25, -0.2) is 0 Å². The zero-order chi connectivity index (χ0) is 22.2. The van der Waals surface area contributed by atoms with Gasteiger partial charge in [0.2, 0.25) is 0 Å². The van der Waals surface area contributed by atoms with E-state index in [2.05, 4.69) is 19.9 Å². The summed E-state index contributed by atoms with van der Waals surface area (Å²) < 4.78 is 11.9. The molecule has 1 aliphatic heterocycles. The van der Waals surface area contributed by atoms with Crippen LogP contribution in [0.25, 0.3) is 0 Å². The maximum atomic E-state index is 11.6. The van der Waals surface area contributed by atoms with Gasteiger partial charge in [-0.05, 0) is 56.3 Å². The van der Waals surface area contributed by atoms with Gasteiger partial charge in [-0.2, -0.15) is 11.8 Å². The lowest BCUT2D eigenvalue weighted by molar-refractivity contribution is -0.154. The second-order valence-corrected chi connectivity index (χ2v) is 11.8. The first kappa shape index (κ1) is 23.3. The molecule has 6 heteroatoms. The van der Waals surface area contributed by atoms with Gasteiger partial charge in [0.05, 0.1) is 12.2 Å². The fourth-order valence-corrected chi connectivity index (χ4v) is 8.99. The molecule has 8 atom stereocenters. The molecule has 0 bridgehead atoms. The van der Waals surface area contributed by atoms with Crippen LogP contribution < -0.4 is 0 Å². The van der Waals surface area contributed by atoms with Gasteiger partial charge >= 0.3 is 5.97 Å². The summed E-state index contributed by atoms with van der Waals surface area (Å²) in [5, 5.41) is 11.6. The number of esters is 1. The van der Waals surface area contributed by atoms with Crippen LogP contribution >= 0.6 is 11.8 Å². The van der Waals surface area contributed by atoms with Crippen LogP contribution in [0.15, 0.2) is 11.6 Å². The largest absolute Gasteiger partial charge is 0.461 e. The molecule has 4 aliphatic rings. The average Bonchev–Trinajstić information content (AvgIpc) is 3.04. The van der Waals surface area contributed by atoms with Crippen LogP contribution in [0.3, 0.4) is 0 Å². The first-order valence-electron chi connectivity index (χ1n) is 12.0. The second-order valence-electron chi connectivity index (χ2n) is 10.6. The van der Waals surface area contributed by atoms with Crippen molar-refractivity contribution in [3.63, 3.8) is 0 Å². The van der Waals surface area contributed by atoms with Gasteiger partial charge in [0, 0.05) is 42.3 Å². The number of rotatable bonds is 7. The van der Waals surface area contributed by atoms with Crippen LogP contribution in [-0.2, 0) is 19.1 Å². The van der Waals surface area contributed by atoms with Crippen LogP contribution in [0, 0.1) is 22.7 Å². The molecule has 0 aromatic heterocycles. The number of carbonyl (C=O) groups excluding carboxylic acids is 2. The molecule has 0 amide bonds. The van der Waals surface area contributed by atoms with Crippen LogP contribution in [0.4, 0.5) is 0 Å². The number of aldehydes is 1. The lowest BCUT2D eigenvalue weighted by Gasteiger charge is -2.58. The highest BCUT2D eigenvalue weighted by molar-refractivity contribution is 8.00. The molecule has 0 aromatic carbocycles. The quantitative estimate of drug-likeness (QED) is 0.270. The van der Waals surface area contributed by atoms with Gasteiger partial charge in [0.1, 0.15) is 12.4 Å². The van der Waals surface area contributed by atoms with Gasteiger partial charge in [-0.3, -0.25) is 4.79 Å². The number of hydrogen-bond acceptors (Lipinski definition) is 6. The Morgan fingerprint density at radius 1 is 1.29 bits per heavy atom. The predicted molar refractivity (Wildman–Crippen MR) is 122 cm³/mol. The molecule has 3 aliphatic carbocycles. The Morgan fingerprint density at radius 3 is 2.84 bits per heavy atom. The Kier molecular flexibility index (Phi) is 6.91. The highest BCUT2D eigenvalue weighted by Gasteiger charge is 2.62. The lowest BCUT2D eigenvalue weighted by Crippen LogP contribution is -2.57. The molecule has 3 fully saturated rings. The third-order valence-corrected chi connectivity index (χ3v) is 10.5. The monoisotopic (exact) mass is 450 g/mol. The summed E-state index contributed by atoms with van der Waals surface area (Å²) in [7, 11) is 0. The Balaban J connectivity index is 1.47. The van der Waals surface area contributed by atoms with E-state index in [4.69, 9.17) is 9.47 Å². The molecular weight excluding hydrogens is 412 g/mol. The highest BCUT2D eigenvalue weighted by atomic mass is 32.2. The van der Waals surface area contributed by atoms with E-state index in [1.165, 1.54) is 12.5 Å². The van der Waals surface area contributed by atoms with E-state index in [1.54, 1.807) is 0 Å². The summed E-state index contributed by atoms with van der Waals surface area (Å²) in [6.07, 6.45) is 10.5. The van der Waals surface area contributed by atoms with Crippen molar-refractivity contribution >= 4 is 24.0 Å². The molecular formula is C25H38O5S. The van der Waals surface area contributed by atoms with E-state index in [1.807, 2.05) is 11.8 Å². The summed E-state index contributed by atoms with van der Waals surface area (Å²) >= 11 is 1.90. The van der Waals surface area contributed by atoms with E-state index >= 15 is 0 Å². The van der Waals surface area contributed by atoms with Crippen LogP contribution in [0.1, 0.15) is 72.1 Å². The zero-order valence-electron chi connectivity index (χ0n) is 19.2. The number of unbranched alkanes of at least 4 members (excludes halogenated alkanes) is 2. The summed E-state index contributed by atoms with van der Waals surface area (Å²) in [5.41, 5.74) is 1.46. The van der Waals surface area contributed by atoms with Crippen LogP contribution in [0.2, 0.25) is 0 Å². The Bertz CT molecular complexity index is 723. The molecule has 174 valence electrons. The predicted octanol–water partition coefficient (Wildman–Crippen LogP) is 4.31. The highest BCUT2D eigenvalue weighted by Crippen LogP contribution is 2.64. The lowest BCUT2D eigenvalue weighted by atomic mass is 9.49. The van der Waals surface area contributed by atoms with Crippen molar-refractivity contribution in [1.29, 1.82) is 0 Å². The number of fused-ring (bicyclic) bond motifs is 5. The Morgan fingerprint density at radius 2 is 2.10 bits per heavy atom. The molecule has 2 saturated carbocycles. The van der Waals surface area contributed by atoms with Crippen molar-refractivity contribution < 1.29 is 24.2 Å². The first-order valence-corrected chi connectivity index (χ1v) is 13.1. The van der Waals surface area contributed by atoms with Crippen molar-refractivity contribution in [2.75, 3.05) is 12.4 Å². The molecule has 5 nitrogen and oxygen atoms in total. The van der Waals surface area contributed by atoms with Crippen molar-refractivity contribution in [3.05, 3.63) is 11.6 Å². The van der Waals surface area contributed by atoms with Crippen molar-refractivity contribution in [1.82, 2.24) is 0 Å². The normalized spacial score (nSPS) is 43.9. The third kappa shape index (κ3) is 4.24. The maximum Gasteiger partial charge on any atom is 0.302 e. The van der Waals surface area contributed by atoms with Gasteiger partial charge in [-0.1, -0.05) is 25.5 Å². The molecule has 4 unspecified atom stereocenters. The molecule has 1 heterocycles. The Hall–Kier alpha value is -0.850. The van der Waals surface area contributed by atoms with Crippen LogP contribution in [0.5, 0.6) is 0 Å². The molecule has 1 N–H and O–H groups in total. The van der Waals surface area contributed by atoms with E-state index in [9.17, 15) is 14.7 Å². The average molecular weight is 451 g/mol. The van der Waals surface area contributed by atoms with E-state index in [-0.39, 0.29) is 34.9 Å². The first-order chi connectivity index (χ1) is 14.8. The minimum atomic E-state index is -0.437. The number of aliphatic hydroxyl groups is 1. The van der Waals surface area contributed by atoms with E-state index in [0.29, 0.717) is 24.2 Å². The number of ether oxygens (including phenoxy) is 2. The molecule has 0 spiro atoms. The number of aliphatic hydroxyl groups excluding tert-OH is 1. The van der Waals surface area contributed by atoms with Crippen LogP contribution in [-0.4, -0.2) is 53.3 Å². The third-order valence-electron chi connectivity index (χ3n) is 8.75. The molecule has 0 aromatic rings. The van der Waals surface area contributed by atoms with Gasteiger partial charge in [0.15, 0.2) is 0 Å². The Labute approximate surface area is 190 Å². The second kappa shape index (κ2) is 9.18. The zero-order valence-corrected chi connectivity index (χ0v) is 20.0. The minimum absolute atomic E-state index is 0.0466.